The smallest absolute Gasteiger partial charge is 0.335 e. The van der Waals surface area contributed by atoms with Gasteiger partial charge in [-0.05, 0) is 66.9 Å². The van der Waals surface area contributed by atoms with Crippen LogP contribution in [0, 0.1) is 11.3 Å². The topological polar surface area (TPSA) is 106 Å². The number of benzene rings is 3. The quantitative estimate of drug-likeness (QED) is 0.201. The largest absolute Gasteiger partial charge is 0.494 e. The first kappa shape index (κ1) is 25.1. The summed E-state index contributed by atoms with van der Waals surface area (Å²) >= 11 is 0. The van der Waals surface area contributed by atoms with Crippen LogP contribution in [0.4, 0.5) is 0 Å². The van der Waals surface area contributed by atoms with E-state index in [-0.39, 0.29) is 23.5 Å². The Bertz CT molecular complexity index is 1200. The van der Waals surface area contributed by atoms with Gasteiger partial charge in [-0.3, -0.25) is 4.79 Å². The average molecular weight is 472 g/mol. The van der Waals surface area contributed by atoms with Gasteiger partial charge in [0.1, 0.15) is 23.3 Å². The number of carboxylic acids is 1. The summed E-state index contributed by atoms with van der Waals surface area (Å²) in [6.07, 6.45) is 4.69. The van der Waals surface area contributed by atoms with E-state index in [0.717, 1.165) is 29.9 Å². The van der Waals surface area contributed by atoms with E-state index in [0.29, 0.717) is 13.2 Å². The summed E-state index contributed by atoms with van der Waals surface area (Å²) < 4.78 is 16.7. The Kier molecular flexibility index (Phi) is 9.46. The lowest BCUT2D eigenvalue weighted by Crippen LogP contribution is -2.05. The molecule has 178 valence electrons. The number of carbonyl (C=O) groups excluding carboxylic acids is 1. The second kappa shape index (κ2) is 13.2. The highest BCUT2D eigenvalue weighted by Gasteiger charge is 2.14. The molecule has 7 nitrogen and oxygen atoms in total. The molecule has 0 aliphatic rings. The molecule has 0 saturated heterocycles. The van der Waals surface area contributed by atoms with Crippen molar-refractivity contribution in [2.24, 2.45) is 0 Å². The van der Waals surface area contributed by atoms with Gasteiger partial charge in [0, 0.05) is 0 Å². The molecular formula is C28H25NO6. The lowest BCUT2D eigenvalue weighted by molar-refractivity contribution is 0.0697. The molecule has 0 amide bonds. The van der Waals surface area contributed by atoms with E-state index in [9.17, 15) is 14.7 Å². The fourth-order valence-corrected chi connectivity index (χ4v) is 3.13. The van der Waals surface area contributed by atoms with Gasteiger partial charge in [0.05, 0.1) is 24.3 Å². The van der Waals surface area contributed by atoms with Crippen molar-refractivity contribution in [2.45, 2.75) is 12.8 Å². The Balaban J connectivity index is 1.50. The third-order valence-corrected chi connectivity index (χ3v) is 4.91. The molecule has 3 aromatic carbocycles. The van der Waals surface area contributed by atoms with Crippen molar-refractivity contribution in [2.75, 3.05) is 19.8 Å². The number of ether oxygens (including phenoxy) is 3. The molecule has 0 unspecified atom stereocenters. The molecule has 0 saturated carbocycles. The Morgan fingerprint density at radius 1 is 0.857 bits per heavy atom. The number of aromatic carboxylic acids is 1. The van der Waals surface area contributed by atoms with Crippen molar-refractivity contribution in [1.29, 1.82) is 5.26 Å². The maximum atomic E-state index is 12.7. The maximum Gasteiger partial charge on any atom is 0.335 e. The van der Waals surface area contributed by atoms with Crippen molar-refractivity contribution in [3.05, 3.63) is 95.6 Å². The molecule has 0 spiro atoms. The number of nitriles is 1. The van der Waals surface area contributed by atoms with Crippen molar-refractivity contribution in [3.63, 3.8) is 0 Å². The molecule has 0 bridgehead atoms. The van der Waals surface area contributed by atoms with Gasteiger partial charge in [0.2, 0.25) is 0 Å². The number of carbonyl (C=O) groups is 2. The van der Waals surface area contributed by atoms with Crippen LogP contribution in [-0.4, -0.2) is 36.7 Å². The van der Waals surface area contributed by atoms with Crippen LogP contribution in [0.2, 0.25) is 0 Å². The van der Waals surface area contributed by atoms with Gasteiger partial charge in [-0.1, -0.05) is 36.4 Å². The standard InChI is InChI=1S/C28H25NO6/c29-16-19-35-27-15-11-22(28(31)32)20-25(27)26(30)14-10-21-8-12-24(13-9-21)34-18-5-4-17-33-23-6-2-1-3-7-23/h1-3,6-15,20H,4-5,17-19H2,(H,31,32)/b14-10+. The van der Waals surface area contributed by atoms with Crippen LogP contribution in [0.25, 0.3) is 6.08 Å². The number of hydrogen-bond acceptors (Lipinski definition) is 6. The van der Waals surface area contributed by atoms with Crippen LogP contribution in [-0.2, 0) is 0 Å². The lowest BCUT2D eigenvalue weighted by atomic mass is 10.0. The lowest BCUT2D eigenvalue weighted by Gasteiger charge is -2.08. The Morgan fingerprint density at radius 3 is 2.14 bits per heavy atom. The second-order valence-electron chi connectivity index (χ2n) is 7.45. The van der Waals surface area contributed by atoms with Crippen molar-refractivity contribution in [3.8, 4) is 23.3 Å². The van der Waals surface area contributed by atoms with Gasteiger partial charge < -0.3 is 19.3 Å². The molecule has 0 aliphatic carbocycles. The molecule has 35 heavy (non-hydrogen) atoms. The van der Waals surface area contributed by atoms with Crippen LogP contribution in [0.1, 0.15) is 39.1 Å². The molecule has 7 heteroatoms. The third kappa shape index (κ3) is 8.06. The Hall–Kier alpha value is -4.57. The molecule has 0 atom stereocenters. The number of unbranched alkanes of at least 4 members (excludes halogenated alkanes) is 1. The van der Waals surface area contributed by atoms with E-state index in [1.807, 2.05) is 60.7 Å². The van der Waals surface area contributed by atoms with Gasteiger partial charge in [0.25, 0.3) is 0 Å². The fourth-order valence-electron chi connectivity index (χ4n) is 3.13. The number of allylic oxidation sites excluding steroid dienone is 1. The van der Waals surface area contributed by atoms with E-state index in [1.54, 1.807) is 6.08 Å². The first-order chi connectivity index (χ1) is 17.1. The number of para-hydroxylation sites is 1. The first-order valence-electron chi connectivity index (χ1n) is 11.1. The SMILES string of the molecule is N#CCOc1ccc(C(=O)O)cc1C(=O)/C=C/c1ccc(OCCCCOc2ccccc2)cc1. The van der Waals surface area contributed by atoms with Gasteiger partial charge in [-0.25, -0.2) is 4.79 Å². The predicted molar refractivity (Wildman–Crippen MR) is 131 cm³/mol. The van der Waals surface area contributed by atoms with Crippen LogP contribution in [0.5, 0.6) is 17.2 Å². The Labute approximate surface area is 203 Å². The molecule has 0 fully saturated rings. The molecule has 3 rings (SSSR count). The van der Waals surface area contributed by atoms with Crippen LogP contribution >= 0.6 is 0 Å². The highest BCUT2D eigenvalue weighted by atomic mass is 16.5. The van der Waals surface area contributed by atoms with E-state index in [1.165, 1.54) is 24.3 Å². The molecule has 0 radical (unpaired) electrons. The zero-order valence-corrected chi connectivity index (χ0v) is 19.1. The van der Waals surface area contributed by atoms with E-state index in [2.05, 4.69) is 0 Å². The number of carboxylic acid groups (broad SMARTS) is 1. The number of nitrogens with zero attached hydrogens (tertiary/aromatic N) is 1. The van der Waals surface area contributed by atoms with E-state index in [4.69, 9.17) is 19.5 Å². The summed E-state index contributed by atoms with van der Waals surface area (Å²) in [6, 6.07) is 22.7. The van der Waals surface area contributed by atoms with Crippen molar-refractivity contribution >= 4 is 17.8 Å². The summed E-state index contributed by atoms with van der Waals surface area (Å²) in [7, 11) is 0. The fraction of sp³-hybridized carbons (Fsp3) is 0.179. The van der Waals surface area contributed by atoms with E-state index < -0.39 is 11.8 Å². The normalized spacial score (nSPS) is 10.5. The zero-order valence-electron chi connectivity index (χ0n) is 19.1. The van der Waals surface area contributed by atoms with Crippen molar-refractivity contribution in [1.82, 2.24) is 0 Å². The highest BCUT2D eigenvalue weighted by Crippen LogP contribution is 2.22. The number of ketones is 1. The predicted octanol–water partition coefficient (Wildman–Crippen LogP) is 5.42. The van der Waals surface area contributed by atoms with Gasteiger partial charge in [0.15, 0.2) is 12.4 Å². The van der Waals surface area contributed by atoms with Crippen LogP contribution in [0.15, 0.2) is 78.9 Å². The summed E-state index contributed by atoms with van der Waals surface area (Å²) in [6.45, 7) is 0.943. The first-order valence-corrected chi connectivity index (χ1v) is 11.1. The van der Waals surface area contributed by atoms with Crippen LogP contribution < -0.4 is 14.2 Å². The molecule has 1 N–H and O–H groups in total. The van der Waals surface area contributed by atoms with Gasteiger partial charge in [-0.15, -0.1) is 0 Å². The average Bonchev–Trinajstić information content (AvgIpc) is 2.89. The summed E-state index contributed by atoms with van der Waals surface area (Å²) in [5, 5.41) is 17.9. The van der Waals surface area contributed by atoms with E-state index >= 15 is 0 Å². The molecule has 3 aromatic rings. The van der Waals surface area contributed by atoms with Gasteiger partial charge >= 0.3 is 5.97 Å². The summed E-state index contributed by atoms with van der Waals surface area (Å²) in [5.74, 6) is 0.146. The minimum absolute atomic E-state index is 0.0424. The summed E-state index contributed by atoms with van der Waals surface area (Å²) in [5.41, 5.74) is 0.808. The monoisotopic (exact) mass is 471 g/mol. The molecular weight excluding hydrogens is 446 g/mol. The molecule has 0 heterocycles. The third-order valence-electron chi connectivity index (χ3n) is 4.91. The van der Waals surface area contributed by atoms with Gasteiger partial charge in [-0.2, -0.15) is 5.26 Å². The number of rotatable bonds is 13. The van der Waals surface area contributed by atoms with Crippen molar-refractivity contribution < 1.29 is 28.9 Å². The second-order valence-corrected chi connectivity index (χ2v) is 7.45. The molecule has 0 aliphatic heterocycles. The van der Waals surface area contributed by atoms with Crippen LogP contribution in [0.3, 0.4) is 0 Å². The maximum absolute atomic E-state index is 12.7. The highest BCUT2D eigenvalue weighted by molar-refractivity contribution is 6.09. The Morgan fingerprint density at radius 2 is 1.51 bits per heavy atom. The molecule has 0 aromatic heterocycles. The zero-order chi connectivity index (χ0) is 24.9. The number of hydrogen-bond donors (Lipinski definition) is 1. The summed E-state index contributed by atoms with van der Waals surface area (Å²) in [4.78, 5) is 23.9. The minimum Gasteiger partial charge on any atom is -0.494 e. The minimum atomic E-state index is -1.16.